The molecule has 0 fully saturated rings. The Balaban J connectivity index is 3.04. The molecule has 2 unspecified atom stereocenters. The van der Waals surface area contributed by atoms with Crippen LogP contribution in [0.25, 0.3) is 0 Å². The van der Waals surface area contributed by atoms with Gasteiger partial charge in [-0.25, -0.2) is 9.69 Å². The lowest BCUT2D eigenvalue weighted by atomic mass is 9.94. The first kappa shape index (κ1) is 22.9. The Morgan fingerprint density at radius 3 is 2.33 bits per heavy atom. The number of imide groups is 1. The second kappa shape index (κ2) is 12.3. The molecule has 0 spiro atoms. The quantitative estimate of drug-likeness (QED) is 0.338. The van der Waals surface area contributed by atoms with E-state index in [9.17, 15) is 9.59 Å². The summed E-state index contributed by atoms with van der Waals surface area (Å²) in [6.45, 7) is 11.4. The summed E-state index contributed by atoms with van der Waals surface area (Å²) in [5.41, 5.74) is 0.912. The standard InChI is InChI=1S/C23H35NO3/c1-6-8-9-11-17-21(14-7-2)22(25)24(23(26)27-18(3)4)19(5)20-15-12-10-13-16-20/h7,10,12-13,15-16,18-19,21H,2,6,8-9,11,14,17H2,1,3-5H3. The van der Waals surface area contributed by atoms with Gasteiger partial charge in [-0.2, -0.15) is 0 Å². The van der Waals surface area contributed by atoms with Crippen LogP contribution in [0.4, 0.5) is 4.79 Å². The number of carbonyl (C=O) groups excluding carboxylic acids is 2. The first-order chi connectivity index (χ1) is 12.9. The van der Waals surface area contributed by atoms with Crippen LogP contribution in [-0.4, -0.2) is 23.0 Å². The summed E-state index contributed by atoms with van der Waals surface area (Å²) in [5.74, 6) is -0.418. The van der Waals surface area contributed by atoms with Crippen molar-refractivity contribution in [1.29, 1.82) is 0 Å². The molecule has 150 valence electrons. The topological polar surface area (TPSA) is 46.6 Å². The predicted octanol–water partition coefficient (Wildman–Crippen LogP) is 6.28. The average Bonchev–Trinajstić information content (AvgIpc) is 2.64. The van der Waals surface area contributed by atoms with E-state index in [1.807, 2.05) is 37.3 Å². The fourth-order valence-electron chi connectivity index (χ4n) is 3.14. The highest BCUT2D eigenvalue weighted by molar-refractivity contribution is 5.94. The highest BCUT2D eigenvalue weighted by atomic mass is 16.6. The van der Waals surface area contributed by atoms with Crippen molar-refractivity contribution in [3.8, 4) is 0 Å². The number of amides is 2. The van der Waals surface area contributed by atoms with Crippen LogP contribution in [0.3, 0.4) is 0 Å². The zero-order chi connectivity index (χ0) is 20.2. The molecule has 0 saturated heterocycles. The zero-order valence-electron chi connectivity index (χ0n) is 17.3. The summed E-state index contributed by atoms with van der Waals surface area (Å²) < 4.78 is 5.39. The number of benzene rings is 1. The molecule has 2 amide bonds. The Morgan fingerprint density at radius 2 is 1.78 bits per heavy atom. The molecule has 0 radical (unpaired) electrons. The van der Waals surface area contributed by atoms with E-state index >= 15 is 0 Å². The third-order valence-corrected chi connectivity index (χ3v) is 4.65. The molecule has 0 aliphatic rings. The fourth-order valence-corrected chi connectivity index (χ4v) is 3.14. The maximum absolute atomic E-state index is 13.3. The molecule has 1 aromatic rings. The summed E-state index contributed by atoms with van der Waals surface area (Å²) in [7, 11) is 0. The molecule has 4 heteroatoms. The summed E-state index contributed by atoms with van der Waals surface area (Å²) in [6.07, 6.45) is 6.63. The van der Waals surface area contributed by atoms with Gasteiger partial charge in [0.1, 0.15) is 0 Å². The molecule has 0 aliphatic heterocycles. The molecule has 0 N–H and O–H groups in total. The van der Waals surface area contributed by atoms with Crippen LogP contribution >= 0.6 is 0 Å². The Labute approximate surface area is 164 Å². The number of unbranched alkanes of at least 4 members (excludes halogenated alkanes) is 3. The van der Waals surface area contributed by atoms with E-state index in [0.29, 0.717) is 6.42 Å². The van der Waals surface area contributed by atoms with Gasteiger partial charge in [-0.15, -0.1) is 6.58 Å². The Kier molecular flexibility index (Phi) is 10.5. The van der Waals surface area contributed by atoms with Crippen molar-refractivity contribution >= 4 is 12.0 Å². The van der Waals surface area contributed by atoms with Gasteiger partial charge in [0, 0.05) is 5.92 Å². The van der Waals surface area contributed by atoms with Crippen LogP contribution < -0.4 is 0 Å². The monoisotopic (exact) mass is 373 g/mol. The summed E-state index contributed by atoms with van der Waals surface area (Å²) in [4.78, 5) is 27.4. The first-order valence-electron chi connectivity index (χ1n) is 10.1. The average molecular weight is 374 g/mol. The van der Waals surface area contributed by atoms with Gasteiger partial charge in [0.15, 0.2) is 0 Å². The second-order valence-corrected chi connectivity index (χ2v) is 7.30. The fraction of sp³-hybridized carbons (Fsp3) is 0.565. The largest absolute Gasteiger partial charge is 0.446 e. The molecule has 1 aromatic carbocycles. The predicted molar refractivity (Wildman–Crippen MR) is 110 cm³/mol. The Morgan fingerprint density at radius 1 is 1.11 bits per heavy atom. The van der Waals surface area contributed by atoms with E-state index in [1.54, 1.807) is 19.9 Å². The molecule has 1 rings (SSSR count). The van der Waals surface area contributed by atoms with Crippen LogP contribution in [0.2, 0.25) is 0 Å². The summed E-state index contributed by atoms with van der Waals surface area (Å²) >= 11 is 0. The SMILES string of the molecule is C=CCC(CCCCCC)C(=O)N(C(=O)OC(C)C)C(C)c1ccccc1. The highest BCUT2D eigenvalue weighted by Crippen LogP contribution is 2.27. The minimum atomic E-state index is -0.575. The first-order valence-corrected chi connectivity index (χ1v) is 10.1. The van der Waals surface area contributed by atoms with Crippen LogP contribution in [0.15, 0.2) is 43.0 Å². The van der Waals surface area contributed by atoms with Gasteiger partial charge in [0.05, 0.1) is 12.1 Å². The van der Waals surface area contributed by atoms with Crippen molar-refractivity contribution in [2.45, 2.75) is 78.4 Å². The Hall–Kier alpha value is -2.10. The molecule has 0 heterocycles. The molecule has 0 bridgehead atoms. The van der Waals surface area contributed by atoms with E-state index in [0.717, 1.165) is 37.7 Å². The summed E-state index contributed by atoms with van der Waals surface area (Å²) in [6, 6.07) is 9.22. The normalized spacial score (nSPS) is 13.1. The number of ether oxygens (including phenoxy) is 1. The molecular formula is C23H35NO3. The van der Waals surface area contributed by atoms with Gasteiger partial charge in [-0.3, -0.25) is 4.79 Å². The molecule has 27 heavy (non-hydrogen) atoms. The maximum atomic E-state index is 13.3. The minimum absolute atomic E-state index is 0.173. The lowest BCUT2D eigenvalue weighted by Crippen LogP contribution is -2.43. The van der Waals surface area contributed by atoms with Crippen molar-refractivity contribution in [2.24, 2.45) is 5.92 Å². The van der Waals surface area contributed by atoms with Gasteiger partial charge in [0.25, 0.3) is 0 Å². The van der Waals surface area contributed by atoms with Gasteiger partial charge in [0.2, 0.25) is 5.91 Å². The van der Waals surface area contributed by atoms with Crippen molar-refractivity contribution in [3.63, 3.8) is 0 Å². The number of nitrogens with zero attached hydrogens (tertiary/aromatic N) is 1. The van der Waals surface area contributed by atoms with Crippen molar-refractivity contribution in [2.75, 3.05) is 0 Å². The van der Waals surface area contributed by atoms with Crippen molar-refractivity contribution in [1.82, 2.24) is 4.90 Å². The van der Waals surface area contributed by atoms with Gasteiger partial charge >= 0.3 is 6.09 Å². The van der Waals surface area contributed by atoms with E-state index in [2.05, 4.69) is 13.5 Å². The molecule has 0 aromatic heterocycles. The molecule has 4 nitrogen and oxygen atoms in total. The van der Waals surface area contributed by atoms with Crippen LogP contribution in [-0.2, 0) is 9.53 Å². The number of rotatable bonds is 11. The van der Waals surface area contributed by atoms with Crippen LogP contribution in [0.5, 0.6) is 0 Å². The third kappa shape index (κ3) is 7.58. The van der Waals surface area contributed by atoms with Gasteiger partial charge < -0.3 is 4.74 Å². The molecular weight excluding hydrogens is 338 g/mol. The molecule has 0 aliphatic carbocycles. The van der Waals surface area contributed by atoms with Crippen LogP contribution in [0.1, 0.15) is 77.8 Å². The summed E-state index contributed by atoms with van der Waals surface area (Å²) in [5, 5.41) is 0. The van der Waals surface area contributed by atoms with Crippen molar-refractivity contribution < 1.29 is 14.3 Å². The van der Waals surface area contributed by atoms with E-state index in [-0.39, 0.29) is 24.0 Å². The van der Waals surface area contributed by atoms with E-state index in [1.165, 1.54) is 4.90 Å². The minimum Gasteiger partial charge on any atom is -0.446 e. The van der Waals surface area contributed by atoms with E-state index < -0.39 is 6.09 Å². The highest BCUT2D eigenvalue weighted by Gasteiger charge is 2.34. The van der Waals surface area contributed by atoms with Gasteiger partial charge in [-0.05, 0) is 39.2 Å². The third-order valence-electron chi connectivity index (χ3n) is 4.65. The van der Waals surface area contributed by atoms with Crippen LogP contribution in [0, 0.1) is 5.92 Å². The maximum Gasteiger partial charge on any atom is 0.417 e. The smallest absolute Gasteiger partial charge is 0.417 e. The molecule has 0 saturated carbocycles. The number of allylic oxidation sites excluding steroid dienone is 1. The van der Waals surface area contributed by atoms with E-state index in [4.69, 9.17) is 4.74 Å². The Bertz CT molecular complexity index is 583. The zero-order valence-corrected chi connectivity index (χ0v) is 17.3. The number of hydrogen-bond acceptors (Lipinski definition) is 3. The second-order valence-electron chi connectivity index (χ2n) is 7.30. The van der Waals surface area contributed by atoms with Gasteiger partial charge in [-0.1, -0.05) is 69.0 Å². The number of hydrogen-bond donors (Lipinski definition) is 0. The lowest BCUT2D eigenvalue weighted by molar-refractivity contribution is -0.136. The van der Waals surface area contributed by atoms with Crippen molar-refractivity contribution in [3.05, 3.63) is 48.6 Å². The molecule has 2 atom stereocenters. The number of carbonyl (C=O) groups is 2. The lowest BCUT2D eigenvalue weighted by Gasteiger charge is -2.31.